The third-order valence-corrected chi connectivity index (χ3v) is 8.32. The molecular formula is C35H35FN2O4S. The number of rotatable bonds is 10. The van der Waals surface area contributed by atoms with E-state index >= 15 is 0 Å². The lowest BCUT2D eigenvalue weighted by molar-refractivity contribution is -0.139. The van der Waals surface area contributed by atoms with Gasteiger partial charge in [-0.3, -0.25) is 9.36 Å². The van der Waals surface area contributed by atoms with Gasteiger partial charge in [-0.15, -0.1) is 0 Å². The maximum absolute atomic E-state index is 14.0. The molecule has 0 saturated heterocycles. The summed E-state index contributed by atoms with van der Waals surface area (Å²) in [6.45, 7) is 8.41. The molecule has 0 unspecified atom stereocenters. The zero-order chi connectivity index (χ0) is 30.5. The lowest BCUT2D eigenvalue weighted by Gasteiger charge is -2.26. The number of thiazole rings is 1. The third kappa shape index (κ3) is 6.54. The van der Waals surface area contributed by atoms with E-state index in [2.05, 4.69) is 13.8 Å². The summed E-state index contributed by atoms with van der Waals surface area (Å²) in [7, 11) is 0. The minimum Gasteiger partial charge on any atom is -0.489 e. The number of carbonyl (C=O) groups excluding carboxylic acids is 1. The SMILES string of the molecule is CCCC1=C(C(=O)OCC)[C@H](c2ccc(C(C)C)cc2)n2c(s/c(=C\c3ccc(OCc4ccccc4F)cc3)c2=O)=N1. The van der Waals surface area contributed by atoms with Crippen molar-refractivity contribution < 1.29 is 18.7 Å². The van der Waals surface area contributed by atoms with Gasteiger partial charge in [-0.2, -0.15) is 0 Å². The molecule has 6 nitrogen and oxygen atoms in total. The molecule has 3 aromatic carbocycles. The Bertz CT molecular complexity index is 1820. The Morgan fingerprint density at radius 1 is 1.05 bits per heavy atom. The van der Waals surface area contributed by atoms with Crippen molar-refractivity contribution >= 4 is 23.4 Å². The van der Waals surface area contributed by atoms with E-state index < -0.39 is 12.0 Å². The molecule has 0 radical (unpaired) electrons. The van der Waals surface area contributed by atoms with Crippen molar-refractivity contribution in [1.82, 2.24) is 4.57 Å². The highest BCUT2D eigenvalue weighted by molar-refractivity contribution is 7.07. The van der Waals surface area contributed by atoms with Gasteiger partial charge in [0.15, 0.2) is 4.80 Å². The quantitative estimate of drug-likeness (QED) is 0.198. The van der Waals surface area contributed by atoms with Gasteiger partial charge in [0.2, 0.25) is 0 Å². The smallest absolute Gasteiger partial charge is 0.338 e. The molecule has 0 fully saturated rings. The first-order valence-electron chi connectivity index (χ1n) is 14.6. The van der Waals surface area contributed by atoms with E-state index in [1.54, 1.807) is 41.8 Å². The summed E-state index contributed by atoms with van der Waals surface area (Å²) < 4.78 is 27.3. The number of ether oxygens (including phenoxy) is 2. The molecule has 1 atom stereocenters. The van der Waals surface area contributed by atoms with Crippen molar-refractivity contribution in [2.45, 2.75) is 59.1 Å². The number of aromatic nitrogens is 1. The van der Waals surface area contributed by atoms with Gasteiger partial charge in [-0.05, 0) is 60.2 Å². The van der Waals surface area contributed by atoms with Crippen LogP contribution in [-0.4, -0.2) is 17.1 Å². The zero-order valence-electron chi connectivity index (χ0n) is 24.8. The molecular weight excluding hydrogens is 563 g/mol. The average Bonchev–Trinajstić information content (AvgIpc) is 3.31. The molecule has 1 aliphatic rings. The molecule has 4 aromatic rings. The van der Waals surface area contributed by atoms with Crippen LogP contribution in [0.4, 0.5) is 4.39 Å². The van der Waals surface area contributed by atoms with Crippen LogP contribution >= 0.6 is 11.3 Å². The molecule has 0 N–H and O–H groups in total. The monoisotopic (exact) mass is 598 g/mol. The van der Waals surface area contributed by atoms with Gasteiger partial charge in [-0.25, -0.2) is 14.2 Å². The summed E-state index contributed by atoms with van der Waals surface area (Å²) in [5, 5.41) is 0. The van der Waals surface area contributed by atoms with Crippen molar-refractivity contribution in [1.29, 1.82) is 0 Å². The fraction of sp³-hybridized carbons (Fsp3) is 0.286. The Morgan fingerprint density at radius 3 is 2.42 bits per heavy atom. The van der Waals surface area contributed by atoms with Gasteiger partial charge in [0.05, 0.1) is 28.5 Å². The van der Waals surface area contributed by atoms with Crippen LogP contribution in [0.15, 0.2) is 93.9 Å². The first-order chi connectivity index (χ1) is 20.8. The van der Waals surface area contributed by atoms with E-state index in [1.165, 1.54) is 23.0 Å². The number of halogens is 1. The predicted octanol–water partition coefficient (Wildman–Crippen LogP) is 6.42. The number of carbonyl (C=O) groups is 1. The first-order valence-corrected chi connectivity index (χ1v) is 15.4. The normalized spacial score (nSPS) is 14.9. The Balaban J connectivity index is 1.54. The maximum Gasteiger partial charge on any atom is 0.338 e. The van der Waals surface area contributed by atoms with Crippen molar-refractivity contribution in [3.8, 4) is 5.75 Å². The summed E-state index contributed by atoms with van der Waals surface area (Å²) >= 11 is 1.30. The maximum atomic E-state index is 14.0. The highest BCUT2D eigenvalue weighted by atomic mass is 32.1. The molecule has 222 valence electrons. The van der Waals surface area contributed by atoms with E-state index in [1.807, 2.05) is 49.4 Å². The highest BCUT2D eigenvalue weighted by Gasteiger charge is 2.34. The lowest BCUT2D eigenvalue weighted by atomic mass is 9.92. The zero-order valence-corrected chi connectivity index (χ0v) is 25.6. The Morgan fingerprint density at radius 2 is 1.77 bits per heavy atom. The number of nitrogens with zero attached hydrogens (tertiary/aromatic N) is 2. The summed E-state index contributed by atoms with van der Waals surface area (Å²) in [6, 6.07) is 21.2. The standard InChI is InChI=1S/C35H35FN2O4S/c1-5-9-29-31(34(40)41-6-2)32(25-16-14-24(15-17-25)22(3)4)38-33(39)30(43-35(38)37-29)20-23-12-18-27(19-13-23)42-21-26-10-7-8-11-28(26)36/h7-8,10-20,22,32H,5-6,9,21H2,1-4H3/b30-20-/t32-/m0/s1. The number of fused-ring (bicyclic) bond motifs is 1. The topological polar surface area (TPSA) is 69.9 Å². The molecule has 8 heteroatoms. The number of hydrogen-bond acceptors (Lipinski definition) is 6. The van der Waals surface area contributed by atoms with Crippen LogP contribution in [0.3, 0.4) is 0 Å². The number of hydrogen-bond donors (Lipinski definition) is 0. The summed E-state index contributed by atoms with van der Waals surface area (Å²) in [6.07, 6.45) is 3.20. The molecule has 0 amide bonds. The minimum absolute atomic E-state index is 0.117. The molecule has 1 aliphatic heterocycles. The van der Waals surface area contributed by atoms with Crippen molar-refractivity contribution in [2.75, 3.05) is 6.61 Å². The van der Waals surface area contributed by atoms with Crippen LogP contribution in [0, 0.1) is 5.82 Å². The van der Waals surface area contributed by atoms with Crippen LogP contribution < -0.4 is 19.6 Å². The second kappa shape index (κ2) is 13.3. The molecule has 0 aliphatic carbocycles. The van der Waals surface area contributed by atoms with Crippen LogP contribution in [0.1, 0.15) is 74.8 Å². The van der Waals surface area contributed by atoms with E-state index in [0.717, 1.165) is 17.5 Å². The lowest BCUT2D eigenvalue weighted by Crippen LogP contribution is -2.40. The summed E-state index contributed by atoms with van der Waals surface area (Å²) in [5.41, 5.74) is 4.14. The molecule has 0 spiro atoms. The number of allylic oxidation sites excluding steroid dienone is 1. The van der Waals surface area contributed by atoms with E-state index in [9.17, 15) is 14.0 Å². The first kappa shape index (κ1) is 30.2. The van der Waals surface area contributed by atoms with Gasteiger partial charge in [-0.1, -0.05) is 93.1 Å². The summed E-state index contributed by atoms with van der Waals surface area (Å²) in [4.78, 5) is 32.7. The van der Waals surface area contributed by atoms with Crippen LogP contribution in [0.5, 0.6) is 5.75 Å². The van der Waals surface area contributed by atoms with E-state index in [0.29, 0.717) is 44.3 Å². The van der Waals surface area contributed by atoms with E-state index in [4.69, 9.17) is 14.5 Å². The van der Waals surface area contributed by atoms with Gasteiger partial charge in [0, 0.05) is 5.56 Å². The fourth-order valence-corrected chi connectivity index (χ4v) is 6.11. The Hall–Kier alpha value is -4.30. The number of benzene rings is 3. The molecule has 0 bridgehead atoms. The van der Waals surface area contributed by atoms with Crippen molar-refractivity contribution in [2.24, 2.45) is 4.99 Å². The minimum atomic E-state index is -0.644. The Kier molecular flexibility index (Phi) is 9.36. The molecule has 43 heavy (non-hydrogen) atoms. The molecule has 5 rings (SSSR count). The van der Waals surface area contributed by atoms with E-state index in [-0.39, 0.29) is 24.6 Å². The van der Waals surface area contributed by atoms with Gasteiger partial charge in [0.25, 0.3) is 5.56 Å². The average molecular weight is 599 g/mol. The number of esters is 1. The van der Waals surface area contributed by atoms with Gasteiger partial charge < -0.3 is 9.47 Å². The van der Waals surface area contributed by atoms with Gasteiger partial charge in [0.1, 0.15) is 18.2 Å². The summed E-state index contributed by atoms with van der Waals surface area (Å²) in [5.74, 6) is 0.183. The second-order valence-electron chi connectivity index (χ2n) is 10.7. The van der Waals surface area contributed by atoms with Crippen molar-refractivity contribution in [3.63, 3.8) is 0 Å². The van der Waals surface area contributed by atoms with Crippen molar-refractivity contribution in [3.05, 3.63) is 132 Å². The molecule has 0 saturated carbocycles. The van der Waals surface area contributed by atoms with Crippen LogP contribution in [0.2, 0.25) is 0 Å². The predicted molar refractivity (Wildman–Crippen MR) is 167 cm³/mol. The van der Waals surface area contributed by atoms with Gasteiger partial charge >= 0.3 is 5.97 Å². The molecule has 2 heterocycles. The fourth-order valence-electron chi connectivity index (χ4n) is 5.09. The van der Waals surface area contributed by atoms with Crippen LogP contribution in [-0.2, 0) is 16.1 Å². The highest BCUT2D eigenvalue weighted by Crippen LogP contribution is 2.33. The van der Waals surface area contributed by atoms with Crippen LogP contribution in [0.25, 0.3) is 6.08 Å². The third-order valence-electron chi connectivity index (χ3n) is 7.34. The Labute approximate surface area is 254 Å². The second-order valence-corrected chi connectivity index (χ2v) is 11.7. The largest absolute Gasteiger partial charge is 0.489 e. The molecule has 1 aromatic heterocycles.